The zero-order chi connectivity index (χ0) is 16.4. The second kappa shape index (κ2) is 5.04. The molecule has 0 radical (unpaired) electrons. The molecule has 4 rings (SSSR count). The van der Waals surface area contributed by atoms with E-state index < -0.39 is 0 Å². The number of allylic oxidation sites excluding steroid dienone is 1. The fourth-order valence-corrected chi connectivity index (χ4v) is 7.00. The van der Waals surface area contributed by atoms with Crippen LogP contribution in [0.2, 0.25) is 0 Å². The number of carbonyl (C=O) groups excluding carboxylic acids is 2. The number of Topliss-reactive ketones (excluding diaryl/α,β-unsaturated/α-hetero) is 1. The molecule has 3 saturated carbocycles. The molecule has 0 aromatic heterocycles. The van der Waals surface area contributed by atoms with Gasteiger partial charge in [-0.05, 0) is 67.3 Å². The molecule has 126 valence electrons. The van der Waals surface area contributed by atoms with Crippen LogP contribution in [-0.2, 0) is 9.59 Å². The van der Waals surface area contributed by atoms with Crippen molar-refractivity contribution >= 4 is 11.6 Å². The summed E-state index contributed by atoms with van der Waals surface area (Å²) in [7, 11) is 0. The molecule has 4 aliphatic carbocycles. The average molecular weight is 314 g/mol. The Morgan fingerprint density at radius 1 is 1.09 bits per heavy atom. The molecule has 4 aliphatic rings. The van der Waals surface area contributed by atoms with E-state index in [1.807, 2.05) is 6.08 Å². The summed E-state index contributed by atoms with van der Waals surface area (Å²) in [4.78, 5) is 24.6. The summed E-state index contributed by atoms with van der Waals surface area (Å²) in [6.07, 6.45) is 10.2. The molecule has 0 amide bonds. The lowest BCUT2D eigenvalue weighted by molar-refractivity contribution is -0.133. The van der Waals surface area contributed by atoms with Crippen LogP contribution in [0.4, 0.5) is 0 Å². The van der Waals surface area contributed by atoms with Crippen molar-refractivity contribution in [3.8, 4) is 0 Å². The minimum Gasteiger partial charge on any atom is -0.299 e. The highest BCUT2D eigenvalue weighted by Crippen LogP contribution is 2.65. The van der Waals surface area contributed by atoms with Gasteiger partial charge in [-0.15, -0.1) is 0 Å². The van der Waals surface area contributed by atoms with E-state index in [0.717, 1.165) is 38.5 Å². The molecule has 0 N–H and O–H groups in total. The van der Waals surface area contributed by atoms with E-state index in [2.05, 4.69) is 20.8 Å². The molecule has 2 heteroatoms. The van der Waals surface area contributed by atoms with Crippen molar-refractivity contribution in [1.82, 2.24) is 0 Å². The predicted molar refractivity (Wildman–Crippen MR) is 90.9 cm³/mol. The third-order valence-electron chi connectivity index (χ3n) is 8.33. The predicted octanol–water partition coefficient (Wildman–Crippen LogP) is 4.72. The van der Waals surface area contributed by atoms with Gasteiger partial charge in [0.25, 0.3) is 0 Å². The topological polar surface area (TPSA) is 34.1 Å². The summed E-state index contributed by atoms with van der Waals surface area (Å²) in [6.45, 7) is 6.95. The van der Waals surface area contributed by atoms with Gasteiger partial charge in [-0.3, -0.25) is 9.59 Å². The third kappa shape index (κ3) is 1.99. The van der Waals surface area contributed by atoms with Gasteiger partial charge in [0.05, 0.1) is 0 Å². The van der Waals surface area contributed by atoms with E-state index in [1.165, 1.54) is 18.4 Å². The first-order valence-electron chi connectivity index (χ1n) is 9.67. The van der Waals surface area contributed by atoms with Gasteiger partial charge in [-0.2, -0.15) is 0 Å². The first-order chi connectivity index (χ1) is 10.9. The van der Waals surface area contributed by atoms with Gasteiger partial charge in [0.1, 0.15) is 5.78 Å². The van der Waals surface area contributed by atoms with Crippen molar-refractivity contribution in [3.63, 3.8) is 0 Å². The van der Waals surface area contributed by atoms with Gasteiger partial charge in [0, 0.05) is 18.3 Å². The van der Waals surface area contributed by atoms with Crippen LogP contribution in [0.15, 0.2) is 11.6 Å². The van der Waals surface area contributed by atoms with E-state index in [4.69, 9.17) is 0 Å². The molecule has 23 heavy (non-hydrogen) atoms. The Balaban J connectivity index is 1.72. The first-order valence-corrected chi connectivity index (χ1v) is 9.67. The summed E-state index contributed by atoms with van der Waals surface area (Å²) >= 11 is 0. The van der Waals surface area contributed by atoms with Crippen LogP contribution in [0.5, 0.6) is 0 Å². The Labute approximate surface area is 140 Å². The highest BCUT2D eigenvalue weighted by atomic mass is 16.1. The Kier molecular flexibility index (Phi) is 3.42. The van der Waals surface area contributed by atoms with Crippen LogP contribution in [0, 0.1) is 34.5 Å². The minimum absolute atomic E-state index is 0.0517. The minimum atomic E-state index is -0.0517. The summed E-state index contributed by atoms with van der Waals surface area (Å²) in [5, 5.41) is 0. The standard InChI is InChI=1S/C21H30O2/c1-4-13-11-18(23)21(3)10-8-17-16(19(13)21)6-5-14-12-15(22)7-9-20(14,17)2/h12-13,16-17,19H,4-11H2,1-3H3/t13?,16-,17+,19+,20+,21-/m1/s1. The SMILES string of the molecule is CCC1CC(=O)[C@@]2(C)CC[C@H]3[C@@H](CCC4=CC(=O)CC[C@@]43C)[C@H]12. The summed E-state index contributed by atoms with van der Waals surface area (Å²) in [6, 6.07) is 0. The van der Waals surface area contributed by atoms with Crippen molar-refractivity contribution in [1.29, 1.82) is 0 Å². The summed E-state index contributed by atoms with van der Waals surface area (Å²) < 4.78 is 0. The number of rotatable bonds is 1. The molecular weight excluding hydrogens is 284 g/mol. The van der Waals surface area contributed by atoms with Crippen LogP contribution in [-0.4, -0.2) is 11.6 Å². The maximum atomic E-state index is 12.7. The van der Waals surface area contributed by atoms with Gasteiger partial charge in [-0.25, -0.2) is 0 Å². The van der Waals surface area contributed by atoms with E-state index in [9.17, 15) is 9.59 Å². The van der Waals surface area contributed by atoms with Crippen LogP contribution in [0.1, 0.15) is 72.1 Å². The fourth-order valence-electron chi connectivity index (χ4n) is 7.00. The van der Waals surface area contributed by atoms with E-state index >= 15 is 0 Å². The Morgan fingerprint density at radius 2 is 1.87 bits per heavy atom. The summed E-state index contributed by atoms with van der Waals surface area (Å²) in [5.41, 5.74) is 1.60. The quantitative estimate of drug-likeness (QED) is 0.701. The van der Waals surface area contributed by atoms with Gasteiger partial charge >= 0.3 is 0 Å². The first kappa shape index (κ1) is 15.6. The molecule has 0 aliphatic heterocycles. The van der Waals surface area contributed by atoms with Crippen molar-refractivity contribution in [2.75, 3.05) is 0 Å². The third-order valence-corrected chi connectivity index (χ3v) is 8.33. The van der Waals surface area contributed by atoms with Crippen LogP contribution in [0.25, 0.3) is 0 Å². The van der Waals surface area contributed by atoms with Gasteiger partial charge in [0.2, 0.25) is 0 Å². The van der Waals surface area contributed by atoms with Crippen molar-refractivity contribution in [3.05, 3.63) is 11.6 Å². The Bertz CT molecular complexity index is 589. The largest absolute Gasteiger partial charge is 0.299 e. The van der Waals surface area contributed by atoms with Crippen molar-refractivity contribution in [2.45, 2.75) is 72.1 Å². The lowest BCUT2D eigenvalue weighted by atomic mass is 9.46. The van der Waals surface area contributed by atoms with Gasteiger partial charge in [0.15, 0.2) is 5.78 Å². The second-order valence-corrected chi connectivity index (χ2v) is 9.14. The number of carbonyl (C=O) groups is 2. The molecule has 6 atom stereocenters. The molecule has 0 spiro atoms. The normalized spacial score (nSPS) is 49.3. The number of hydrogen-bond acceptors (Lipinski definition) is 2. The van der Waals surface area contributed by atoms with Crippen LogP contribution in [0.3, 0.4) is 0 Å². The molecule has 0 aromatic rings. The van der Waals surface area contributed by atoms with Crippen molar-refractivity contribution in [2.24, 2.45) is 34.5 Å². The van der Waals surface area contributed by atoms with Crippen molar-refractivity contribution < 1.29 is 9.59 Å². The second-order valence-electron chi connectivity index (χ2n) is 9.14. The lowest BCUT2D eigenvalue weighted by Crippen LogP contribution is -2.51. The molecular formula is C21H30O2. The fraction of sp³-hybridized carbons (Fsp3) is 0.810. The van der Waals surface area contributed by atoms with E-state index in [0.29, 0.717) is 35.2 Å². The smallest absolute Gasteiger partial charge is 0.155 e. The molecule has 0 heterocycles. The number of fused-ring (bicyclic) bond motifs is 5. The highest BCUT2D eigenvalue weighted by molar-refractivity contribution is 5.91. The number of ketones is 2. The molecule has 1 unspecified atom stereocenters. The molecule has 2 nitrogen and oxygen atoms in total. The molecule has 0 bridgehead atoms. The molecule has 0 saturated heterocycles. The van der Waals surface area contributed by atoms with Crippen LogP contribution >= 0.6 is 0 Å². The Hall–Kier alpha value is -0.920. The zero-order valence-corrected chi connectivity index (χ0v) is 14.9. The molecule has 3 fully saturated rings. The number of hydrogen-bond donors (Lipinski definition) is 0. The lowest BCUT2D eigenvalue weighted by Gasteiger charge is -2.57. The zero-order valence-electron chi connectivity index (χ0n) is 14.9. The van der Waals surface area contributed by atoms with Crippen LogP contribution < -0.4 is 0 Å². The maximum absolute atomic E-state index is 12.7. The summed E-state index contributed by atoms with van der Waals surface area (Å²) in [5.74, 6) is 3.45. The Morgan fingerprint density at radius 3 is 2.61 bits per heavy atom. The highest BCUT2D eigenvalue weighted by Gasteiger charge is 2.61. The van der Waals surface area contributed by atoms with Gasteiger partial charge < -0.3 is 0 Å². The average Bonchev–Trinajstić information content (AvgIpc) is 2.79. The monoisotopic (exact) mass is 314 g/mol. The maximum Gasteiger partial charge on any atom is 0.155 e. The van der Waals surface area contributed by atoms with Gasteiger partial charge in [-0.1, -0.05) is 32.8 Å². The van der Waals surface area contributed by atoms with E-state index in [1.54, 1.807) is 0 Å². The van der Waals surface area contributed by atoms with E-state index in [-0.39, 0.29) is 10.8 Å². The molecule has 0 aromatic carbocycles.